The average molecular weight is 231 g/mol. The van der Waals surface area contributed by atoms with Gasteiger partial charge in [0, 0.05) is 6.42 Å². The standard InChI is InChI=1S/C14H17NO2/c1-11-5-2-3-8-14(11)17-13-7-4-6-12(9-13)15-10-16/h2-3,5,8,12-13H,4,6-7,9H2,1H3. The van der Waals surface area contributed by atoms with Gasteiger partial charge in [-0.15, -0.1) is 0 Å². The van der Waals surface area contributed by atoms with E-state index < -0.39 is 0 Å². The van der Waals surface area contributed by atoms with Crippen molar-refractivity contribution < 1.29 is 9.53 Å². The molecule has 3 heteroatoms. The van der Waals surface area contributed by atoms with Crippen LogP contribution in [0.15, 0.2) is 29.3 Å². The van der Waals surface area contributed by atoms with Crippen molar-refractivity contribution in [3.8, 4) is 5.75 Å². The molecule has 3 nitrogen and oxygen atoms in total. The molecule has 0 N–H and O–H groups in total. The van der Waals surface area contributed by atoms with Crippen LogP contribution in [0.5, 0.6) is 5.75 Å². The summed E-state index contributed by atoms with van der Waals surface area (Å²) in [5.74, 6) is 0.938. The van der Waals surface area contributed by atoms with E-state index in [9.17, 15) is 4.79 Å². The van der Waals surface area contributed by atoms with Crippen LogP contribution in [0.4, 0.5) is 0 Å². The van der Waals surface area contributed by atoms with E-state index in [1.54, 1.807) is 6.08 Å². The zero-order valence-corrected chi connectivity index (χ0v) is 10.1. The van der Waals surface area contributed by atoms with E-state index in [1.807, 2.05) is 31.2 Å². The first-order valence-electron chi connectivity index (χ1n) is 6.09. The Hall–Kier alpha value is -1.60. The fraction of sp³-hybridized carbons (Fsp3) is 0.500. The molecule has 0 amide bonds. The topological polar surface area (TPSA) is 38.7 Å². The van der Waals surface area contributed by atoms with Crippen molar-refractivity contribution in [2.75, 3.05) is 0 Å². The van der Waals surface area contributed by atoms with Gasteiger partial charge in [-0.2, -0.15) is 0 Å². The maximum absolute atomic E-state index is 10.3. The molecule has 2 rings (SSSR count). The Labute approximate surface area is 102 Å². The third-order valence-corrected chi connectivity index (χ3v) is 3.22. The fourth-order valence-electron chi connectivity index (χ4n) is 2.29. The van der Waals surface area contributed by atoms with Crippen molar-refractivity contribution in [3.05, 3.63) is 29.8 Å². The van der Waals surface area contributed by atoms with Crippen LogP contribution < -0.4 is 4.74 Å². The number of isocyanates is 1. The van der Waals surface area contributed by atoms with Crippen LogP contribution in [0.3, 0.4) is 0 Å². The minimum absolute atomic E-state index is 0.0928. The van der Waals surface area contributed by atoms with E-state index in [0.717, 1.165) is 37.0 Å². The molecule has 2 atom stereocenters. The summed E-state index contributed by atoms with van der Waals surface area (Å²) in [5.41, 5.74) is 1.15. The highest BCUT2D eigenvalue weighted by atomic mass is 16.5. The maximum Gasteiger partial charge on any atom is 0.235 e. The van der Waals surface area contributed by atoms with Crippen molar-refractivity contribution in [2.45, 2.75) is 44.8 Å². The van der Waals surface area contributed by atoms with Gasteiger partial charge in [0.2, 0.25) is 6.08 Å². The summed E-state index contributed by atoms with van der Waals surface area (Å²) in [6.45, 7) is 2.04. The Morgan fingerprint density at radius 3 is 2.94 bits per heavy atom. The van der Waals surface area contributed by atoms with Crippen molar-refractivity contribution in [3.63, 3.8) is 0 Å². The first kappa shape index (κ1) is 11.9. The highest BCUT2D eigenvalue weighted by Crippen LogP contribution is 2.26. The van der Waals surface area contributed by atoms with Crippen LogP contribution in [0.25, 0.3) is 0 Å². The van der Waals surface area contributed by atoms with Gasteiger partial charge in [-0.25, -0.2) is 9.79 Å². The molecule has 1 aliphatic carbocycles. The molecule has 1 saturated carbocycles. The minimum atomic E-state index is 0.0928. The quantitative estimate of drug-likeness (QED) is 0.592. The highest BCUT2D eigenvalue weighted by molar-refractivity contribution is 5.34. The Morgan fingerprint density at radius 1 is 1.35 bits per heavy atom. The molecule has 0 saturated heterocycles. The van der Waals surface area contributed by atoms with Gasteiger partial charge in [0.15, 0.2) is 0 Å². The van der Waals surface area contributed by atoms with Gasteiger partial charge in [-0.1, -0.05) is 18.2 Å². The molecular weight excluding hydrogens is 214 g/mol. The van der Waals surface area contributed by atoms with Crippen molar-refractivity contribution in [1.82, 2.24) is 0 Å². The fourth-order valence-corrected chi connectivity index (χ4v) is 2.29. The average Bonchev–Trinajstić information content (AvgIpc) is 2.33. The minimum Gasteiger partial charge on any atom is -0.490 e. The lowest BCUT2D eigenvalue weighted by Gasteiger charge is -2.27. The van der Waals surface area contributed by atoms with Gasteiger partial charge in [0.25, 0.3) is 0 Å². The van der Waals surface area contributed by atoms with Crippen LogP contribution in [0.2, 0.25) is 0 Å². The van der Waals surface area contributed by atoms with Gasteiger partial charge in [-0.3, -0.25) is 0 Å². The summed E-state index contributed by atoms with van der Waals surface area (Å²) < 4.78 is 5.97. The zero-order valence-electron chi connectivity index (χ0n) is 10.1. The number of rotatable bonds is 3. The summed E-state index contributed by atoms with van der Waals surface area (Å²) in [4.78, 5) is 14.1. The Bertz CT molecular complexity index is 424. The van der Waals surface area contributed by atoms with Crippen LogP contribution in [0, 0.1) is 6.92 Å². The number of para-hydroxylation sites is 1. The lowest BCUT2D eigenvalue weighted by molar-refractivity contribution is 0.144. The summed E-state index contributed by atoms with van der Waals surface area (Å²) in [7, 11) is 0. The van der Waals surface area contributed by atoms with Gasteiger partial charge in [-0.05, 0) is 37.8 Å². The van der Waals surface area contributed by atoms with E-state index >= 15 is 0 Å². The largest absolute Gasteiger partial charge is 0.490 e. The van der Waals surface area contributed by atoms with E-state index in [1.165, 1.54) is 0 Å². The number of aryl methyl sites for hydroxylation is 1. The third-order valence-electron chi connectivity index (χ3n) is 3.22. The van der Waals surface area contributed by atoms with E-state index in [4.69, 9.17) is 4.74 Å². The number of hydrogen-bond acceptors (Lipinski definition) is 3. The Kier molecular flexibility index (Phi) is 3.94. The molecule has 1 aromatic rings. The summed E-state index contributed by atoms with van der Waals surface area (Å²) in [5, 5.41) is 0. The monoisotopic (exact) mass is 231 g/mol. The van der Waals surface area contributed by atoms with Crippen LogP contribution in [0.1, 0.15) is 31.2 Å². The molecule has 1 fully saturated rings. The first-order chi connectivity index (χ1) is 8.29. The van der Waals surface area contributed by atoms with Crippen LogP contribution in [-0.4, -0.2) is 18.2 Å². The molecule has 1 aromatic carbocycles. The number of ether oxygens (including phenoxy) is 1. The zero-order chi connectivity index (χ0) is 12.1. The van der Waals surface area contributed by atoms with E-state index in [-0.39, 0.29) is 12.1 Å². The number of hydrogen-bond donors (Lipinski definition) is 0. The molecule has 2 unspecified atom stereocenters. The SMILES string of the molecule is Cc1ccccc1OC1CCCC(N=C=O)C1. The lowest BCUT2D eigenvalue weighted by Crippen LogP contribution is -2.27. The normalized spacial score (nSPS) is 23.8. The summed E-state index contributed by atoms with van der Waals surface area (Å²) in [6, 6.07) is 8.10. The molecule has 0 spiro atoms. The smallest absolute Gasteiger partial charge is 0.235 e. The van der Waals surface area contributed by atoms with Crippen LogP contribution >= 0.6 is 0 Å². The third kappa shape index (κ3) is 3.18. The predicted molar refractivity (Wildman–Crippen MR) is 66.0 cm³/mol. The van der Waals surface area contributed by atoms with Crippen molar-refractivity contribution in [2.24, 2.45) is 4.99 Å². The number of aliphatic imine (C=N–C) groups is 1. The van der Waals surface area contributed by atoms with Crippen molar-refractivity contribution in [1.29, 1.82) is 0 Å². The second kappa shape index (κ2) is 5.65. The highest BCUT2D eigenvalue weighted by Gasteiger charge is 2.23. The predicted octanol–water partition coefficient (Wildman–Crippen LogP) is 3.02. The number of carbonyl (C=O) groups excluding carboxylic acids is 1. The molecule has 1 aliphatic rings. The van der Waals surface area contributed by atoms with Crippen LogP contribution in [-0.2, 0) is 4.79 Å². The van der Waals surface area contributed by atoms with Gasteiger partial charge in [0.1, 0.15) is 11.9 Å². The summed E-state index contributed by atoms with van der Waals surface area (Å²) >= 11 is 0. The Balaban J connectivity index is 1.99. The lowest BCUT2D eigenvalue weighted by atomic mass is 9.93. The molecular formula is C14H17NO2. The first-order valence-corrected chi connectivity index (χ1v) is 6.09. The molecule has 90 valence electrons. The number of nitrogens with zero attached hydrogens (tertiary/aromatic N) is 1. The second-order valence-electron chi connectivity index (χ2n) is 4.55. The van der Waals surface area contributed by atoms with Gasteiger partial charge in [0.05, 0.1) is 6.04 Å². The second-order valence-corrected chi connectivity index (χ2v) is 4.55. The molecule has 17 heavy (non-hydrogen) atoms. The van der Waals surface area contributed by atoms with Gasteiger partial charge < -0.3 is 4.74 Å². The number of benzene rings is 1. The Morgan fingerprint density at radius 2 is 2.18 bits per heavy atom. The van der Waals surface area contributed by atoms with E-state index in [2.05, 4.69) is 4.99 Å². The summed E-state index contributed by atoms with van der Waals surface area (Å²) in [6.07, 6.45) is 5.73. The maximum atomic E-state index is 10.3. The molecule has 0 heterocycles. The molecule has 0 aliphatic heterocycles. The van der Waals surface area contributed by atoms with Crippen molar-refractivity contribution >= 4 is 6.08 Å². The molecule has 0 radical (unpaired) electrons. The molecule has 0 aromatic heterocycles. The van der Waals surface area contributed by atoms with E-state index in [0.29, 0.717) is 0 Å². The van der Waals surface area contributed by atoms with Gasteiger partial charge >= 0.3 is 0 Å². The molecule has 0 bridgehead atoms.